The Kier molecular flexibility index (Phi) is 7.28. The van der Waals surface area contributed by atoms with Gasteiger partial charge in [-0.25, -0.2) is 4.98 Å². The van der Waals surface area contributed by atoms with Crippen LogP contribution in [0.5, 0.6) is 5.88 Å². The Balaban J connectivity index is 1.75. The van der Waals surface area contributed by atoms with E-state index in [1.807, 2.05) is 41.0 Å². The molecule has 33 heavy (non-hydrogen) atoms. The van der Waals surface area contributed by atoms with Crippen molar-refractivity contribution in [2.24, 2.45) is 0 Å². The van der Waals surface area contributed by atoms with Gasteiger partial charge in [-0.3, -0.25) is 14.5 Å². The Morgan fingerprint density at radius 2 is 1.91 bits per heavy atom. The number of fused-ring (bicyclic) bond motifs is 3. The zero-order chi connectivity index (χ0) is 23.4. The number of hydrogen-bond donors (Lipinski definition) is 0. The quantitative estimate of drug-likeness (QED) is 0.713. The SMILES string of the molecule is CCC(=O)N1CCC2CCCC(CN(C(=O)c3ccnc(OC)c3)Cc3ccccc31)N2C. The molecule has 1 aromatic carbocycles. The predicted octanol–water partition coefficient (Wildman–Crippen LogP) is 3.73. The second-order valence-corrected chi connectivity index (χ2v) is 8.99. The molecule has 1 aromatic heterocycles. The van der Waals surface area contributed by atoms with E-state index in [0.717, 1.165) is 36.9 Å². The lowest BCUT2D eigenvalue weighted by Crippen LogP contribution is -2.50. The lowest BCUT2D eigenvalue weighted by molar-refractivity contribution is -0.118. The van der Waals surface area contributed by atoms with Gasteiger partial charge in [0.2, 0.25) is 11.8 Å². The topological polar surface area (TPSA) is 66.0 Å². The number of rotatable bonds is 3. The third-order valence-corrected chi connectivity index (χ3v) is 7.07. The zero-order valence-corrected chi connectivity index (χ0v) is 19.9. The Morgan fingerprint density at radius 1 is 1.12 bits per heavy atom. The van der Waals surface area contributed by atoms with Crippen molar-refractivity contribution in [3.8, 4) is 5.88 Å². The first kappa shape index (κ1) is 23.2. The molecule has 176 valence electrons. The summed E-state index contributed by atoms with van der Waals surface area (Å²) in [5, 5.41) is 0. The highest BCUT2D eigenvalue weighted by atomic mass is 16.5. The molecule has 2 aromatic rings. The number of hydrogen-bond acceptors (Lipinski definition) is 5. The van der Waals surface area contributed by atoms with Crippen molar-refractivity contribution in [2.45, 2.75) is 57.7 Å². The number of piperidine rings is 1. The highest BCUT2D eigenvalue weighted by Crippen LogP contribution is 2.30. The van der Waals surface area contributed by atoms with Gasteiger partial charge in [0.25, 0.3) is 5.91 Å². The van der Waals surface area contributed by atoms with E-state index in [4.69, 9.17) is 4.74 Å². The zero-order valence-electron chi connectivity index (χ0n) is 19.9. The van der Waals surface area contributed by atoms with Crippen molar-refractivity contribution in [2.75, 3.05) is 32.1 Å². The van der Waals surface area contributed by atoms with Crippen molar-refractivity contribution in [3.63, 3.8) is 0 Å². The van der Waals surface area contributed by atoms with Gasteiger partial charge in [0.05, 0.1) is 7.11 Å². The average Bonchev–Trinajstić information content (AvgIpc) is 2.86. The Bertz CT molecular complexity index is 995. The number of para-hydroxylation sites is 1. The van der Waals surface area contributed by atoms with Gasteiger partial charge in [0, 0.05) is 61.7 Å². The molecule has 1 saturated heterocycles. The number of nitrogens with zero attached hydrogens (tertiary/aromatic N) is 4. The summed E-state index contributed by atoms with van der Waals surface area (Å²) < 4.78 is 5.25. The lowest BCUT2D eigenvalue weighted by Gasteiger charge is -2.41. The van der Waals surface area contributed by atoms with E-state index in [-0.39, 0.29) is 17.9 Å². The van der Waals surface area contributed by atoms with Gasteiger partial charge in [-0.15, -0.1) is 0 Å². The van der Waals surface area contributed by atoms with Crippen LogP contribution in [-0.2, 0) is 11.3 Å². The summed E-state index contributed by atoms with van der Waals surface area (Å²) in [6.07, 6.45) is 6.32. The molecule has 0 saturated carbocycles. The summed E-state index contributed by atoms with van der Waals surface area (Å²) >= 11 is 0. The second-order valence-electron chi connectivity index (χ2n) is 8.99. The van der Waals surface area contributed by atoms with Crippen LogP contribution in [0, 0.1) is 0 Å². The molecule has 2 unspecified atom stereocenters. The molecule has 7 heteroatoms. The Labute approximate surface area is 196 Å². The van der Waals surface area contributed by atoms with Gasteiger partial charge >= 0.3 is 0 Å². The number of aromatic nitrogens is 1. The van der Waals surface area contributed by atoms with Crippen LogP contribution in [0.15, 0.2) is 42.6 Å². The van der Waals surface area contributed by atoms with Gasteiger partial charge < -0.3 is 14.5 Å². The van der Waals surface area contributed by atoms with Crippen LogP contribution >= 0.6 is 0 Å². The smallest absolute Gasteiger partial charge is 0.254 e. The average molecular weight is 451 g/mol. The number of pyridine rings is 1. The van der Waals surface area contributed by atoms with Crippen LogP contribution in [0.2, 0.25) is 0 Å². The largest absolute Gasteiger partial charge is 0.481 e. The van der Waals surface area contributed by atoms with Crippen molar-refractivity contribution < 1.29 is 14.3 Å². The third-order valence-electron chi connectivity index (χ3n) is 7.07. The molecule has 0 spiro atoms. The molecule has 2 amide bonds. The maximum atomic E-state index is 13.7. The monoisotopic (exact) mass is 450 g/mol. The normalized spacial score (nSPS) is 21.7. The molecule has 7 nitrogen and oxygen atoms in total. The maximum Gasteiger partial charge on any atom is 0.254 e. The number of ether oxygens (including phenoxy) is 1. The first-order valence-electron chi connectivity index (χ1n) is 11.9. The minimum atomic E-state index is -0.0476. The molecule has 4 rings (SSSR count). The molecular weight excluding hydrogens is 416 g/mol. The maximum absolute atomic E-state index is 13.7. The van der Waals surface area contributed by atoms with E-state index in [0.29, 0.717) is 43.5 Å². The minimum absolute atomic E-state index is 0.0476. The van der Waals surface area contributed by atoms with E-state index in [1.165, 1.54) is 0 Å². The molecular formula is C26H34N4O3. The molecule has 2 aliphatic rings. The second kappa shape index (κ2) is 10.3. The summed E-state index contributed by atoms with van der Waals surface area (Å²) in [6, 6.07) is 12.1. The van der Waals surface area contributed by atoms with Crippen LogP contribution < -0.4 is 9.64 Å². The van der Waals surface area contributed by atoms with E-state index >= 15 is 0 Å². The Morgan fingerprint density at radius 3 is 2.70 bits per heavy atom. The van der Waals surface area contributed by atoms with Gasteiger partial charge in [-0.2, -0.15) is 0 Å². The predicted molar refractivity (Wildman–Crippen MR) is 128 cm³/mol. The van der Waals surface area contributed by atoms with Gasteiger partial charge in [0.1, 0.15) is 0 Å². The first-order chi connectivity index (χ1) is 16.0. The van der Waals surface area contributed by atoms with Gasteiger partial charge in [0.15, 0.2) is 0 Å². The first-order valence-corrected chi connectivity index (χ1v) is 11.9. The number of carbonyl (C=O) groups excluding carboxylic acids is 2. The number of anilines is 1. The fourth-order valence-electron chi connectivity index (χ4n) is 5.13. The summed E-state index contributed by atoms with van der Waals surface area (Å²) in [4.78, 5) is 37.1. The molecule has 2 aliphatic heterocycles. The van der Waals surface area contributed by atoms with Crippen LogP contribution in [-0.4, -0.2) is 65.9 Å². The fourth-order valence-corrected chi connectivity index (χ4v) is 5.13. The molecule has 3 heterocycles. The van der Waals surface area contributed by atoms with Crippen LogP contribution in [0.3, 0.4) is 0 Å². The van der Waals surface area contributed by atoms with Crippen molar-refractivity contribution >= 4 is 17.5 Å². The summed E-state index contributed by atoms with van der Waals surface area (Å²) in [7, 11) is 3.72. The molecule has 0 aliphatic carbocycles. The van der Waals surface area contributed by atoms with E-state index < -0.39 is 0 Å². The standard InChI is InChI=1S/C26H34N4O3/c1-4-25(31)30-15-13-21-9-7-10-22(28(21)2)18-29(17-20-8-5-6-11-23(20)30)26(32)19-12-14-27-24(16-19)33-3/h5-6,8,11-12,14,16,21-22H,4,7,9-10,13,15,17-18H2,1-3H3. The van der Waals surface area contributed by atoms with Crippen molar-refractivity contribution in [1.82, 2.24) is 14.8 Å². The van der Waals surface area contributed by atoms with Crippen LogP contribution in [0.25, 0.3) is 0 Å². The van der Waals surface area contributed by atoms with E-state index in [1.54, 1.807) is 25.4 Å². The highest BCUT2D eigenvalue weighted by Gasteiger charge is 2.33. The molecule has 0 N–H and O–H groups in total. The number of benzene rings is 1. The lowest BCUT2D eigenvalue weighted by atomic mass is 9.93. The Hall–Kier alpha value is -2.93. The minimum Gasteiger partial charge on any atom is -0.481 e. The van der Waals surface area contributed by atoms with Crippen molar-refractivity contribution in [1.29, 1.82) is 0 Å². The number of carbonyl (C=O) groups is 2. The van der Waals surface area contributed by atoms with E-state index in [9.17, 15) is 9.59 Å². The van der Waals surface area contributed by atoms with Crippen LogP contribution in [0.1, 0.15) is 54.9 Å². The molecule has 0 radical (unpaired) electrons. The van der Waals surface area contributed by atoms with Gasteiger partial charge in [-0.05, 0) is 44.0 Å². The molecule has 1 fully saturated rings. The van der Waals surface area contributed by atoms with Gasteiger partial charge in [-0.1, -0.05) is 31.5 Å². The summed E-state index contributed by atoms with van der Waals surface area (Å²) in [5.74, 6) is 0.496. The number of likely N-dealkylation sites (N-methyl/N-ethyl adjacent to an activating group) is 1. The van der Waals surface area contributed by atoms with Crippen molar-refractivity contribution in [3.05, 3.63) is 53.7 Å². The highest BCUT2D eigenvalue weighted by molar-refractivity contribution is 5.95. The number of methoxy groups -OCH3 is 1. The summed E-state index contributed by atoms with van der Waals surface area (Å²) in [6.45, 7) is 3.70. The number of amides is 2. The third kappa shape index (κ3) is 5.03. The van der Waals surface area contributed by atoms with Crippen LogP contribution in [0.4, 0.5) is 5.69 Å². The summed E-state index contributed by atoms with van der Waals surface area (Å²) in [5.41, 5.74) is 2.46. The molecule has 2 bridgehead atoms. The fraction of sp³-hybridized carbons (Fsp3) is 0.500. The molecule has 2 atom stereocenters. The van der Waals surface area contributed by atoms with E-state index in [2.05, 4.69) is 16.9 Å².